The largest absolute Gasteiger partial charge is 0.315 e. The van der Waals surface area contributed by atoms with Crippen molar-refractivity contribution in [3.8, 4) is 0 Å². The van der Waals surface area contributed by atoms with Crippen LogP contribution in [0.25, 0.3) is 0 Å². The quantitative estimate of drug-likeness (QED) is 0.744. The van der Waals surface area contributed by atoms with Crippen LogP contribution in [0.5, 0.6) is 0 Å². The molecule has 0 amide bonds. The minimum absolute atomic E-state index is 0.248. The van der Waals surface area contributed by atoms with Gasteiger partial charge in [-0.2, -0.15) is 4.31 Å². The minimum Gasteiger partial charge on any atom is -0.315 e. The average Bonchev–Trinajstić information content (AvgIpc) is 2.45. The molecule has 120 valence electrons. The van der Waals surface area contributed by atoms with Gasteiger partial charge in [0.2, 0.25) is 10.0 Å². The van der Waals surface area contributed by atoms with E-state index in [-0.39, 0.29) is 6.04 Å². The molecular weight excluding hydrogens is 308 g/mol. The monoisotopic (exact) mass is 332 g/mol. The van der Waals surface area contributed by atoms with Crippen molar-refractivity contribution in [2.75, 3.05) is 20.1 Å². The fraction of sp³-hybridized carbons (Fsp3) is 0.600. The van der Waals surface area contributed by atoms with E-state index in [1.165, 1.54) is 4.31 Å². The average molecular weight is 333 g/mol. The van der Waals surface area contributed by atoms with Crippen molar-refractivity contribution in [3.05, 3.63) is 34.9 Å². The molecule has 4 nitrogen and oxygen atoms in total. The van der Waals surface area contributed by atoms with E-state index in [0.717, 1.165) is 18.5 Å². The zero-order valence-corrected chi connectivity index (χ0v) is 14.7. The van der Waals surface area contributed by atoms with Gasteiger partial charge in [0.25, 0.3) is 0 Å². The summed E-state index contributed by atoms with van der Waals surface area (Å²) in [6.07, 6.45) is 0.988. The Morgan fingerprint density at radius 1 is 1.33 bits per heavy atom. The number of benzene rings is 1. The van der Waals surface area contributed by atoms with Crippen LogP contribution in [0.15, 0.2) is 24.3 Å². The van der Waals surface area contributed by atoms with Gasteiger partial charge in [0.05, 0.1) is 5.25 Å². The molecule has 1 aromatic rings. The lowest BCUT2D eigenvalue weighted by Gasteiger charge is -2.28. The molecule has 2 unspecified atom stereocenters. The summed E-state index contributed by atoms with van der Waals surface area (Å²) in [6, 6.07) is 7.06. The maximum atomic E-state index is 12.6. The van der Waals surface area contributed by atoms with Gasteiger partial charge in [0.15, 0.2) is 0 Å². The Morgan fingerprint density at radius 3 is 2.57 bits per heavy atom. The topological polar surface area (TPSA) is 49.4 Å². The molecule has 1 N–H and O–H groups in total. The fourth-order valence-corrected chi connectivity index (χ4v) is 3.73. The Balaban J connectivity index is 2.82. The van der Waals surface area contributed by atoms with Crippen LogP contribution in [0.4, 0.5) is 0 Å². The fourth-order valence-electron chi connectivity index (χ4n) is 2.07. The summed E-state index contributed by atoms with van der Waals surface area (Å²) in [4.78, 5) is 0. The van der Waals surface area contributed by atoms with E-state index in [0.29, 0.717) is 11.6 Å². The first-order valence-corrected chi connectivity index (χ1v) is 9.11. The highest BCUT2D eigenvalue weighted by Crippen LogP contribution is 2.25. The lowest BCUT2D eigenvalue weighted by atomic mass is 10.1. The Labute approximate surface area is 133 Å². The van der Waals surface area contributed by atoms with Gasteiger partial charge in [-0.1, -0.05) is 30.7 Å². The number of halogens is 1. The molecule has 0 heterocycles. The summed E-state index contributed by atoms with van der Waals surface area (Å²) in [5.41, 5.74) is 0.891. The third kappa shape index (κ3) is 4.95. The van der Waals surface area contributed by atoms with Crippen molar-refractivity contribution < 1.29 is 8.42 Å². The maximum Gasteiger partial charge on any atom is 0.218 e. The Hall–Kier alpha value is -0.620. The van der Waals surface area contributed by atoms with Gasteiger partial charge in [-0.25, -0.2) is 8.42 Å². The maximum absolute atomic E-state index is 12.6. The molecule has 21 heavy (non-hydrogen) atoms. The van der Waals surface area contributed by atoms with E-state index >= 15 is 0 Å². The molecule has 2 atom stereocenters. The van der Waals surface area contributed by atoms with Gasteiger partial charge in [-0.05, 0) is 44.5 Å². The molecule has 0 spiro atoms. The smallest absolute Gasteiger partial charge is 0.218 e. The minimum atomic E-state index is -3.35. The molecule has 0 aliphatic heterocycles. The van der Waals surface area contributed by atoms with E-state index < -0.39 is 15.3 Å². The van der Waals surface area contributed by atoms with Crippen LogP contribution < -0.4 is 5.32 Å². The molecule has 0 aromatic heterocycles. The highest BCUT2D eigenvalue weighted by Gasteiger charge is 2.29. The van der Waals surface area contributed by atoms with Crippen LogP contribution in [0, 0.1) is 0 Å². The zero-order chi connectivity index (χ0) is 16.0. The summed E-state index contributed by atoms with van der Waals surface area (Å²) in [5.74, 6) is 0. The number of nitrogens with one attached hydrogen (secondary N) is 1. The van der Waals surface area contributed by atoms with E-state index in [1.807, 2.05) is 19.1 Å². The van der Waals surface area contributed by atoms with Crippen LogP contribution in [0.3, 0.4) is 0 Å². The molecule has 0 aliphatic carbocycles. The first kappa shape index (κ1) is 18.4. The second-order valence-electron chi connectivity index (χ2n) is 5.31. The first-order valence-electron chi connectivity index (χ1n) is 7.23. The number of rotatable bonds is 8. The third-order valence-electron chi connectivity index (χ3n) is 3.64. The van der Waals surface area contributed by atoms with Crippen molar-refractivity contribution in [1.29, 1.82) is 0 Å². The zero-order valence-electron chi connectivity index (χ0n) is 13.1. The van der Waals surface area contributed by atoms with Gasteiger partial charge in [0, 0.05) is 24.7 Å². The SMILES string of the molecule is CCCNCC(C)S(=O)(=O)N(C)C(C)c1cccc(Cl)c1. The summed E-state index contributed by atoms with van der Waals surface area (Å²) >= 11 is 5.98. The Bertz CT molecular complexity index is 548. The molecule has 0 bridgehead atoms. The van der Waals surface area contributed by atoms with Gasteiger partial charge in [-0.3, -0.25) is 0 Å². The number of hydrogen-bond acceptors (Lipinski definition) is 3. The molecule has 0 fully saturated rings. The number of hydrogen-bond donors (Lipinski definition) is 1. The van der Waals surface area contributed by atoms with E-state index in [4.69, 9.17) is 11.6 Å². The summed E-state index contributed by atoms with van der Waals surface area (Å²) in [6.45, 7) is 6.95. The predicted octanol–water partition coefficient (Wildman–Crippen LogP) is 3.05. The second-order valence-corrected chi connectivity index (χ2v) is 8.15. The molecule has 1 rings (SSSR count). The van der Waals surface area contributed by atoms with Gasteiger partial charge in [-0.15, -0.1) is 0 Å². The highest BCUT2D eigenvalue weighted by atomic mass is 35.5. The summed E-state index contributed by atoms with van der Waals surface area (Å²) < 4.78 is 26.6. The standard InChI is InChI=1S/C15H25ClN2O2S/c1-5-9-17-11-12(2)21(19,20)18(4)13(3)14-7-6-8-15(16)10-14/h6-8,10,12-13,17H,5,9,11H2,1-4H3. The van der Waals surface area contributed by atoms with Gasteiger partial charge in [0.1, 0.15) is 0 Å². The molecule has 0 aliphatic rings. The van der Waals surface area contributed by atoms with Crippen molar-refractivity contribution in [1.82, 2.24) is 9.62 Å². The molecular formula is C15H25ClN2O2S. The van der Waals surface area contributed by atoms with Crippen molar-refractivity contribution in [2.24, 2.45) is 0 Å². The van der Waals surface area contributed by atoms with E-state index in [9.17, 15) is 8.42 Å². The van der Waals surface area contributed by atoms with E-state index in [2.05, 4.69) is 12.2 Å². The summed E-state index contributed by atoms with van der Waals surface area (Å²) in [5, 5.41) is 3.31. The van der Waals surface area contributed by atoms with Gasteiger partial charge >= 0.3 is 0 Å². The van der Waals surface area contributed by atoms with Crippen molar-refractivity contribution in [2.45, 2.75) is 38.5 Å². The van der Waals surface area contributed by atoms with E-state index in [1.54, 1.807) is 26.1 Å². The lowest BCUT2D eigenvalue weighted by Crippen LogP contribution is -2.41. The third-order valence-corrected chi connectivity index (χ3v) is 6.18. The Morgan fingerprint density at radius 2 is 2.00 bits per heavy atom. The molecule has 1 aromatic carbocycles. The van der Waals surface area contributed by atoms with Crippen molar-refractivity contribution >= 4 is 21.6 Å². The van der Waals surface area contributed by atoms with Gasteiger partial charge < -0.3 is 5.32 Å². The van der Waals surface area contributed by atoms with Crippen LogP contribution in [-0.2, 0) is 10.0 Å². The van der Waals surface area contributed by atoms with Crippen LogP contribution in [-0.4, -0.2) is 38.1 Å². The molecule has 0 radical (unpaired) electrons. The predicted molar refractivity (Wildman–Crippen MR) is 89.2 cm³/mol. The second kappa shape index (κ2) is 8.13. The molecule has 0 saturated carbocycles. The normalized spacial score (nSPS) is 15.1. The molecule has 6 heteroatoms. The number of nitrogens with zero attached hydrogens (tertiary/aromatic N) is 1. The molecule has 0 saturated heterocycles. The lowest BCUT2D eigenvalue weighted by molar-refractivity contribution is 0.391. The Kier molecular flexibility index (Phi) is 7.13. The van der Waals surface area contributed by atoms with Crippen LogP contribution in [0.1, 0.15) is 38.8 Å². The van der Waals surface area contributed by atoms with Crippen LogP contribution >= 0.6 is 11.6 Å². The number of sulfonamides is 1. The van der Waals surface area contributed by atoms with Crippen LogP contribution in [0.2, 0.25) is 5.02 Å². The van der Waals surface area contributed by atoms with Crippen molar-refractivity contribution in [3.63, 3.8) is 0 Å². The summed E-state index contributed by atoms with van der Waals surface area (Å²) in [7, 11) is -1.73. The highest BCUT2D eigenvalue weighted by molar-refractivity contribution is 7.89. The first-order chi connectivity index (χ1) is 9.80.